The van der Waals surface area contributed by atoms with Crippen molar-refractivity contribution in [3.63, 3.8) is 0 Å². The number of ether oxygens (including phenoxy) is 2. The number of esters is 1. The highest BCUT2D eigenvalue weighted by molar-refractivity contribution is 5.98. The summed E-state index contributed by atoms with van der Waals surface area (Å²) in [5.41, 5.74) is 0.716. The van der Waals surface area contributed by atoms with Crippen molar-refractivity contribution in [3.05, 3.63) is 65.7 Å². The molecule has 0 bridgehead atoms. The second-order valence-corrected chi connectivity index (χ2v) is 5.99. The summed E-state index contributed by atoms with van der Waals surface area (Å²) in [5, 5.41) is 6.76. The number of benzene rings is 2. The first-order chi connectivity index (χ1) is 14.4. The molecule has 0 aliphatic carbocycles. The van der Waals surface area contributed by atoms with Gasteiger partial charge in [-0.1, -0.05) is 30.3 Å². The Morgan fingerprint density at radius 3 is 2.23 bits per heavy atom. The number of nitrogens with one attached hydrogen (secondary N) is 3. The van der Waals surface area contributed by atoms with Crippen molar-refractivity contribution in [1.29, 1.82) is 0 Å². The molecule has 0 aliphatic rings. The predicted octanol–water partition coefficient (Wildman–Crippen LogP) is 1.56. The predicted molar refractivity (Wildman–Crippen MR) is 108 cm³/mol. The maximum Gasteiger partial charge on any atom is 0.326 e. The molecule has 4 amide bonds. The van der Waals surface area contributed by atoms with Crippen LogP contribution in [-0.2, 0) is 14.3 Å². The summed E-state index contributed by atoms with van der Waals surface area (Å²) >= 11 is 0. The number of amides is 4. The monoisotopic (exact) mass is 413 g/mol. The molecule has 2 aromatic rings. The number of hydrogen-bond acceptors (Lipinski definition) is 6. The molecule has 2 rings (SSSR count). The zero-order valence-electron chi connectivity index (χ0n) is 16.6. The lowest BCUT2D eigenvalue weighted by Gasteiger charge is -2.17. The molecule has 0 aliphatic heterocycles. The number of urea groups is 1. The van der Waals surface area contributed by atoms with E-state index in [0.717, 1.165) is 0 Å². The van der Waals surface area contributed by atoms with Gasteiger partial charge in [0.2, 0.25) is 6.10 Å². The van der Waals surface area contributed by atoms with Gasteiger partial charge in [0.25, 0.3) is 11.8 Å². The number of hydrogen-bond donors (Lipinski definition) is 3. The Kier molecular flexibility index (Phi) is 8.37. The number of carbonyl (C=O) groups is 4. The van der Waals surface area contributed by atoms with E-state index in [9.17, 15) is 19.2 Å². The lowest BCUT2D eigenvalue weighted by atomic mass is 10.1. The summed E-state index contributed by atoms with van der Waals surface area (Å²) in [5.74, 6) is -1.51. The van der Waals surface area contributed by atoms with Crippen molar-refractivity contribution in [2.45, 2.75) is 13.0 Å². The third-order valence-electron chi connectivity index (χ3n) is 3.87. The van der Waals surface area contributed by atoms with Gasteiger partial charge in [0.05, 0.1) is 6.61 Å². The fourth-order valence-corrected chi connectivity index (χ4v) is 2.44. The first-order valence-electron chi connectivity index (χ1n) is 9.22. The van der Waals surface area contributed by atoms with Crippen LogP contribution >= 0.6 is 0 Å². The van der Waals surface area contributed by atoms with E-state index < -0.39 is 36.5 Å². The minimum Gasteiger partial charge on any atom is -0.494 e. The summed E-state index contributed by atoms with van der Waals surface area (Å²) in [6, 6.07) is 13.9. The molecule has 1 atom stereocenters. The molecule has 0 fully saturated rings. The van der Waals surface area contributed by atoms with E-state index in [-0.39, 0.29) is 0 Å². The fraction of sp³-hybridized carbons (Fsp3) is 0.238. The zero-order valence-corrected chi connectivity index (χ0v) is 16.6. The zero-order chi connectivity index (χ0) is 21.9. The van der Waals surface area contributed by atoms with Crippen LogP contribution in [0.25, 0.3) is 0 Å². The lowest BCUT2D eigenvalue weighted by molar-refractivity contribution is -0.155. The van der Waals surface area contributed by atoms with Crippen LogP contribution in [0.2, 0.25) is 0 Å². The topological polar surface area (TPSA) is 123 Å². The SMILES string of the molecule is CCOc1ccc(C(=O)NCC(=O)O[C@H](C(=O)NC(=O)NC)c2ccccc2)cc1. The van der Waals surface area contributed by atoms with E-state index in [4.69, 9.17) is 9.47 Å². The molecular weight excluding hydrogens is 390 g/mol. The van der Waals surface area contributed by atoms with Crippen LogP contribution in [0.4, 0.5) is 4.79 Å². The summed E-state index contributed by atoms with van der Waals surface area (Å²) in [4.78, 5) is 48.2. The third kappa shape index (κ3) is 6.62. The second kappa shape index (κ2) is 11.2. The second-order valence-electron chi connectivity index (χ2n) is 5.99. The van der Waals surface area contributed by atoms with Gasteiger partial charge in [0.1, 0.15) is 12.3 Å². The molecule has 9 nitrogen and oxygen atoms in total. The van der Waals surface area contributed by atoms with Crippen LogP contribution in [0.1, 0.15) is 28.9 Å². The van der Waals surface area contributed by atoms with Gasteiger partial charge < -0.3 is 20.1 Å². The van der Waals surface area contributed by atoms with Gasteiger partial charge in [0, 0.05) is 18.2 Å². The van der Waals surface area contributed by atoms with Crippen LogP contribution in [0.5, 0.6) is 5.75 Å². The van der Waals surface area contributed by atoms with Crippen LogP contribution in [0.3, 0.4) is 0 Å². The van der Waals surface area contributed by atoms with Gasteiger partial charge in [-0.2, -0.15) is 0 Å². The molecule has 3 N–H and O–H groups in total. The Bertz CT molecular complexity index is 883. The molecule has 0 unspecified atom stereocenters. The summed E-state index contributed by atoms with van der Waals surface area (Å²) in [6.45, 7) is 1.90. The van der Waals surface area contributed by atoms with E-state index in [2.05, 4.69) is 16.0 Å². The first kappa shape index (κ1) is 22.4. The average molecular weight is 413 g/mol. The fourth-order valence-electron chi connectivity index (χ4n) is 2.44. The van der Waals surface area contributed by atoms with Crippen molar-refractivity contribution in [2.24, 2.45) is 0 Å². The van der Waals surface area contributed by atoms with Gasteiger partial charge in [0.15, 0.2) is 0 Å². The maximum atomic E-state index is 12.3. The number of rotatable bonds is 8. The highest BCUT2D eigenvalue weighted by Crippen LogP contribution is 2.18. The van der Waals surface area contributed by atoms with Crippen molar-refractivity contribution < 1.29 is 28.7 Å². The van der Waals surface area contributed by atoms with Crippen LogP contribution < -0.4 is 20.7 Å². The number of imide groups is 1. The third-order valence-corrected chi connectivity index (χ3v) is 3.87. The molecule has 158 valence electrons. The molecule has 2 aromatic carbocycles. The van der Waals surface area contributed by atoms with Crippen molar-refractivity contribution >= 4 is 23.8 Å². The molecule has 0 spiro atoms. The van der Waals surface area contributed by atoms with Crippen LogP contribution in [-0.4, -0.2) is 44.0 Å². The molecule has 30 heavy (non-hydrogen) atoms. The number of carbonyl (C=O) groups excluding carboxylic acids is 4. The molecule has 0 aromatic heterocycles. The molecule has 0 heterocycles. The Balaban J connectivity index is 1.98. The summed E-state index contributed by atoms with van der Waals surface area (Å²) < 4.78 is 10.5. The summed E-state index contributed by atoms with van der Waals surface area (Å²) in [7, 11) is 1.35. The molecule has 0 saturated carbocycles. The lowest BCUT2D eigenvalue weighted by Crippen LogP contribution is -2.42. The maximum absolute atomic E-state index is 12.3. The van der Waals surface area contributed by atoms with E-state index in [1.165, 1.54) is 7.05 Å². The van der Waals surface area contributed by atoms with E-state index in [1.807, 2.05) is 6.92 Å². The molecule has 0 radical (unpaired) electrons. The quantitative estimate of drug-likeness (QED) is 0.565. The van der Waals surface area contributed by atoms with Gasteiger partial charge in [-0.25, -0.2) is 4.79 Å². The minimum absolute atomic E-state index is 0.336. The van der Waals surface area contributed by atoms with Gasteiger partial charge >= 0.3 is 12.0 Å². The molecular formula is C21H23N3O6. The van der Waals surface area contributed by atoms with Gasteiger partial charge in [-0.05, 0) is 31.2 Å². The molecule has 0 saturated heterocycles. The summed E-state index contributed by atoms with van der Waals surface area (Å²) in [6.07, 6.45) is -1.35. The Morgan fingerprint density at radius 2 is 1.63 bits per heavy atom. The first-order valence-corrected chi connectivity index (χ1v) is 9.22. The minimum atomic E-state index is -1.35. The van der Waals surface area contributed by atoms with Crippen LogP contribution in [0.15, 0.2) is 54.6 Å². The highest BCUT2D eigenvalue weighted by atomic mass is 16.5. The standard InChI is InChI=1S/C21H23N3O6/c1-3-29-16-11-9-15(10-12-16)19(26)23-13-17(25)30-18(14-7-5-4-6-8-14)20(27)24-21(28)22-2/h4-12,18H,3,13H2,1-2H3,(H,23,26)(H2,22,24,27,28)/t18-/m0/s1. The van der Waals surface area contributed by atoms with E-state index in [1.54, 1.807) is 54.6 Å². The van der Waals surface area contributed by atoms with Gasteiger partial charge in [-0.3, -0.25) is 19.7 Å². The van der Waals surface area contributed by atoms with E-state index in [0.29, 0.717) is 23.5 Å². The van der Waals surface area contributed by atoms with Crippen molar-refractivity contribution in [3.8, 4) is 5.75 Å². The van der Waals surface area contributed by atoms with Gasteiger partial charge in [-0.15, -0.1) is 0 Å². The largest absolute Gasteiger partial charge is 0.494 e. The highest BCUT2D eigenvalue weighted by Gasteiger charge is 2.26. The van der Waals surface area contributed by atoms with Crippen LogP contribution in [0, 0.1) is 0 Å². The molecule has 9 heteroatoms. The average Bonchev–Trinajstić information content (AvgIpc) is 2.77. The normalized spacial score (nSPS) is 11.0. The Labute approximate surface area is 173 Å². The van der Waals surface area contributed by atoms with E-state index >= 15 is 0 Å². The van der Waals surface area contributed by atoms with Crippen molar-refractivity contribution in [1.82, 2.24) is 16.0 Å². The van der Waals surface area contributed by atoms with Crippen molar-refractivity contribution in [2.75, 3.05) is 20.2 Å². The Morgan fingerprint density at radius 1 is 0.967 bits per heavy atom. The smallest absolute Gasteiger partial charge is 0.326 e. The Hall–Kier alpha value is -3.88.